The van der Waals surface area contributed by atoms with Gasteiger partial charge in [-0.2, -0.15) is 0 Å². The van der Waals surface area contributed by atoms with Gasteiger partial charge >= 0.3 is 5.97 Å². The monoisotopic (exact) mass is 289 g/mol. The Morgan fingerprint density at radius 2 is 1.94 bits per heavy atom. The van der Waals surface area contributed by atoms with Crippen molar-refractivity contribution in [3.05, 3.63) is 29.8 Å². The molecule has 2 N–H and O–H groups in total. The van der Waals surface area contributed by atoms with Crippen LogP contribution in [0.2, 0.25) is 0 Å². The van der Waals surface area contributed by atoms with Gasteiger partial charge in [0, 0.05) is 10.9 Å². The molecule has 5 heteroatoms. The molecule has 0 aliphatic rings. The number of thioether (sulfide) groups is 1. The van der Waals surface area contributed by atoms with Crippen molar-refractivity contribution in [1.82, 2.24) is 0 Å². The maximum absolute atomic E-state index is 11.3. The van der Waals surface area contributed by atoms with Gasteiger partial charge < -0.3 is 10.5 Å². The van der Waals surface area contributed by atoms with Crippen molar-refractivity contribution in [3.8, 4) is 0 Å². The Morgan fingerprint density at radius 3 is 2.44 bits per heavy atom. The van der Waals surface area contributed by atoms with E-state index >= 15 is 0 Å². The predicted octanol–water partition coefficient (Wildman–Crippen LogP) is 3.17. The number of carbonyl (C=O) groups excluding carboxylic acids is 1. The number of rotatable bonds is 6. The molecule has 1 aromatic carbocycles. The van der Waals surface area contributed by atoms with Crippen LogP contribution in [-0.2, 0) is 9.53 Å². The molecular formula is C13H20ClNO2S. The summed E-state index contributed by atoms with van der Waals surface area (Å²) in [5.74, 6) is 0.806. The third-order valence-electron chi connectivity index (χ3n) is 2.31. The molecule has 102 valence electrons. The summed E-state index contributed by atoms with van der Waals surface area (Å²) in [4.78, 5) is 12.5. The summed E-state index contributed by atoms with van der Waals surface area (Å²) in [5, 5.41) is 0. The van der Waals surface area contributed by atoms with Crippen LogP contribution in [0.15, 0.2) is 29.2 Å². The van der Waals surface area contributed by atoms with Crippen LogP contribution in [0.5, 0.6) is 0 Å². The van der Waals surface area contributed by atoms with E-state index < -0.39 is 0 Å². The van der Waals surface area contributed by atoms with E-state index in [1.807, 2.05) is 24.3 Å². The molecule has 0 aromatic heterocycles. The summed E-state index contributed by atoms with van der Waals surface area (Å²) < 4.78 is 4.87. The van der Waals surface area contributed by atoms with Crippen LogP contribution in [0, 0.1) is 0 Å². The van der Waals surface area contributed by atoms with Crippen LogP contribution in [-0.4, -0.2) is 18.3 Å². The molecule has 0 aliphatic carbocycles. The number of carbonyl (C=O) groups is 1. The van der Waals surface area contributed by atoms with Gasteiger partial charge in [0.05, 0.1) is 13.0 Å². The van der Waals surface area contributed by atoms with E-state index in [1.165, 1.54) is 4.90 Å². The van der Waals surface area contributed by atoms with E-state index in [1.54, 1.807) is 18.7 Å². The standard InChI is InChI=1S/C13H19NO2S.ClH/c1-3-16-13(15)9-12(14)10-5-7-11(8-6-10)17-4-2;/h5-8,12H,3-4,9,14H2,1-2H3;1H/t12-;/m0./s1. The molecule has 1 aromatic rings. The summed E-state index contributed by atoms with van der Waals surface area (Å²) in [6.07, 6.45) is 0.230. The second-order valence-electron chi connectivity index (χ2n) is 3.62. The lowest BCUT2D eigenvalue weighted by Crippen LogP contribution is -2.17. The van der Waals surface area contributed by atoms with Crippen molar-refractivity contribution >= 4 is 30.1 Å². The van der Waals surface area contributed by atoms with Crippen LogP contribution in [0.1, 0.15) is 31.9 Å². The smallest absolute Gasteiger partial charge is 0.307 e. The zero-order valence-electron chi connectivity index (χ0n) is 10.7. The minimum atomic E-state index is -0.283. The van der Waals surface area contributed by atoms with Crippen LogP contribution in [0.25, 0.3) is 0 Å². The highest BCUT2D eigenvalue weighted by Gasteiger charge is 2.12. The van der Waals surface area contributed by atoms with Gasteiger partial charge in [-0.25, -0.2) is 0 Å². The highest BCUT2D eigenvalue weighted by molar-refractivity contribution is 7.99. The molecule has 0 heterocycles. The average Bonchev–Trinajstić information content (AvgIpc) is 2.30. The Morgan fingerprint density at radius 1 is 1.33 bits per heavy atom. The number of benzene rings is 1. The lowest BCUT2D eigenvalue weighted by Gasteiger charge is -2.11. The molecule has 0 amide bonds. The summed E-state index contributed by atoms with van der Waals surface area (Å²) >= 11 is 1.79. The van der Waals surface area contributed by atoms with Crippen molar-refractivity contribution in [2.45, 2.75) is 31.2 Å². The highest BCUT2D eigenvalue weighted by Crippen LogP contribution is 2.21. The molecule has 0 saturated carbocycles. The van der Waals surface area contributed by atoms with Crippen molar-refractivity contribution in [1.29, 1.82) is 0 Å². The minimum Gasteiger partial charge on any atom is -0.466 e. The minimum absolute atomic E-state index is 0. The molecule has 0 spiro atoms. The fourth-order valence-corrected chi connectivity index (χ4v) is 2.16. The second kappa shape index (κ2) is 9.25. The topological polar surface area (TPSA) is 52.3 Å². The molecule has 18 heavy (non-hydrogen) atoms. The van der Waals surface area contributed by atoms with Gasteiger partial charge in [-0.1, -0.05) is 19.1 Å². The van der Waals surface area contributed by atoms with Gasteiger partial charge in [-0.3, -0.25) is 4.79 Å². The molecule has 0 bridgehead atoms. The van der Waals surface area contributed by atoms with E-state index in [0.29, 0.717) is 6.61 Å². The first kappa shape index (κ1) is 17.3. The largest absolute Gasteiger partial charge is 0.466 e. The van der Waals surface area contributed by atoms with Gasteiger partial charge in [0.25, 0.3) is 0 Å². The van der Waals surface area contributed by atoms with E-state index in [2.05, 4.69) is 6.92 Å². The van der Waals surface area contributed by atoms with Crippen molar-refractivity contribution in [2.75, 3.05) is 12.4 Å². The molecule has 1 atom stereocenters. The number of hydrogen-bond acceptors (Lipinski definition) is 4. The van der Waals surface area contributed by atoms with Gasteiger partial charge in [-0.15, -0.1) is 24.2 Å². The summed E-state index contributed by atoms with van der Waals surface area (Å²) in [7, 11) is 0. The third-order valence-corrected chi connectivity index (χ3v) is 3.21. The third kappa shape index (κ3) is 5.76. The molecule has 0 unspecified atom stereocenters. The first-order valence-corrected chi connectivity index (χ1v) is 6.79. The Labute approximate surface area is 119 Å². The molecule has 0 fully saturated rings. The lowest BCUT2D eigenvalue weighted by molar-refractivity contribution is -0.143. The summed E-state index contributed by atoms with van der Waals surface area (Å²) in [6, 6.07) is 7.74. The van der Waals surface area contributed by atoms with Crippen LogP contribution < -0.4 is 5.73 Å². The fourth-order valence-electron chi connectivity index (χ4n) is 1.50. The first-order valence-electron chi connectivity index (χ1n) is 5.81. The molecular weight excluding hydrogens is 270 g/mol. The van der Waals surface area contributed by atoms with Crippen LogP contribution in [0.3, 0.4) is 0 Å². The van der Waals surface area contributed by atoms with Gasteiger partial charge in [0.15, 0.2) is 0 Å². The number of ether oxygens (including phenoxy) is 1. The Kier molecular flexibility index (Phi) is 8.89. The Balaban J connectivity index is 0.00000289. The highest BCUT2D eigenvalue weighted by atomic mass is 35.5. The maximum atomic E-state index is 11.3. The molecule has 1 rings (SSSR count). The first-order chi connectivity index (χ1) is 8.17. The van der Waals surface area contributed by atoms with Crippen molar-refractivity contribution in [2.24, 2.45) is 5.73 Å². The lowest BCUT2D eigenvalue weighted by atomic mass is 10.1. The predicted molar refractivity (Wildman–Crippen MR) is 78.3 cm³/mol. The van der Waals surface area contributed by atoms with Crippen molar-refractivity contribution < 1.29 is 9.53 Å². The van der Waals surface area contributed by atoms with Gasteiger partial charge in [0.1, 0.15) is 0 Å². The van der Waals surface area contributed by atoms with E-state index in [9.17, 15) is 4.79 Å². The summed E-state index contributed by atoms with van der Waals surface area (Å²) in [6.45, 7) is 4.31. The Bertz CT molecular complexity index is 357. The van der Waals surface area contributed by atoms with E-state index in [4.69, 9.17) is 10.5 Å². The fraction of sp³-hybridized carbons (Fsp3) is 0.462. The van der Waals surface area contributed by atoms with E-state index in [-0.39, 0.29) is 30.8 Å². The van der Waals surface area contributed by atoms with Crippen molar-refractivity contribution in [3.63, 3.8) is 0 Å². The van der Waals surface area contributed by atoms with Crippen LogP contribution in [0.4, 0.5) is 0 Å². The molecule has 0 saturated heterocycles. The zero-order valence-corrected chi connectivity index (χ0v) is 12.4. The van der Waals surface area contributed by atoms with Gasteiger partial charge in [0.2, 0.25) is 0 Å². The maximum Gasteiger partial charge on any atom is 0.307 e. The summed E-state index contributed by atoms with van der Waals surface area (Å²) in [5.41, 5.74) is 6.91. The molecule has 0 aliphatic heterocycles. The number of hydrogen-bond donors (Lipinski definition) is 1. The number of esters is 1. The number of halogens is 1. The Hall–Kier alpha value is -0.710. The van der Waals surface area contributed by atoms with E-state index in [0.717, 1.165) is 11.3 Å². The molecule has 3 nitrogen and oxygen atoms in total. The average molecular weight is 290 g/mol. The quantitative estimate of drug-likeness (QED) is 0.645. The molecule has 0 radical (unpaired) electrons. The second-order valence-corrected chi connectivity index (χ2v) is 4.96. The van der Waals surface area contributed by atoms with Crippen LogP contribution >= 0.6 is 24.2 Å². The number of nitrogens with two attached hydrogens (primary N) is 1. The van der Waals surface area contributed by atoms with Gasteiger partial charge in [-0.05, 0) is 30.4 Å². The zero-order chi connectivity index (χ0) is 12.7. The SMILES string of the molecule is CCOC(=O)C[C@H](N)c1ccc(SCC)cc1.Cl. The normalized spacial score (nSPS) is 11.5.